The van der Waals surface area contributed by atoms with Gasteiger partial charge in [-0.2, -0.15) is 17.5 Å². The van der Waals surface area contributed by atoms with Gasteiger partial charge in [0.2, 0.25) is 10.0 Å². The number of hydrogen-bond acceptors (Lipinski definition) is 3. The van der Waals surface area contributed by atoms with Gasteiger partial charge in [0.15, 0.2) is 0 Å². The number of aliphatic hydroxyl groups excluding tert-OH is 1. The van der Waals surface area contributed by atoms with E-state index in [-0.39, 0.29) is 10.7 Å². The van der Waals surface area contributed by atoms with E-state index in [0.29, 0.717) is 18.4 Å². The number of alkyl halides is 3. The van der Waals surface area contributed by atoms with Gasteiger partial charge in [0.25, 0.3) is 0 Å². The molecule has 9 heteroatoms. The van der Waals surface area contributed by atoms with Gasteiger partial charge >= 0.3 is 6.18 Å². The molecule has 0 aromatic heterocycles. The van der Waals surface area contributed by atoms with E-state index in [2.05, 4.69) is 0 Å². The molecule has 1 heterocycles. The van der Waals surface area contributed by atoms with Crippen molar-refractivity contribution in [2.24, 2.45) is 0 Å². The molecule has 1 aliphatic heterocycles. The molecule has 34 heavy (non-hydrogen) atoms. The molecule has 2 unspecified atom stereocenters. The third-order valence-corrected chi connectivity index (χ3v) is 8.21. The number of halogens is 4. The summed E-state index contributed by atoms with van der Waals surface area (Å²) in [5, 5.41) is 10.3. The second-order valence-corrected chi connectivity index (χ2v) is 10.0. The van der Waals surface area contributed by atoms with Gasteiger partial charge in [-0.25, -0.2) is 12.8 Å². The van der Waals surface area contributed by atoms with Crippen LogP contribution in [0, 0.1) is 5.82 Å². The largest absolute Gasteiger partial charge is 0.416 e. The van der Waals surface area contributed by atoms with Gasteiger partial charge in [-0.05, 0) is 71.5 Å². The zero-order valence-corrected chi connectivity index (χ0v) is 19.1. The van der Waals surface area contributed by atoms with Crippen molar-refractivity contribution in [3.8, 4) is 11.1 Å². The van der Waals surface area contributed by atoms with Crippen molar-refractivity contribution in [3.05, 3.63) is 89.2 Å². The molecule has 4 rings (SSSR count). The van der Waals surface area contributed by atoms with Crippen LogP contribution in [0.25, 0.3) is 11.1 Å². The second kappa shape index (κ2) is 9.13. The highest BCUT2D eigenvalue weighted by Crippen LogP contribution is 2.42. The highest BCUT2D eigenvalue weighted by molar-refractivity contribution is 7.89. The third kappa shape index (κ3) is 4.35. The van der Waals surface area contributed by atoms with Gasteiger partial charge in [0.05, 0.1) is 23.1 Å². The van der Waals surface area contributed by atoms with Crippen LogP contribution >= 0.6 is 0 Å². The Balaban J connectivity index is 1.80. The Kier molecular flexibility index (Phi) is 6.54. The van der Waals surface area contributed by atoms with Gasteiger partial charge in [-0.1, -0.05) is 37.3 Å². The summed E-state index contributed by atoms with van der Waals surface area (Å²) in [4.78, 5) is -0.268. The Morgan fingerprint density at radius 1 is 1.00 bits per heavy atom. The lowest BCUT2D eigenvalue weighted by atomic mass is 9.84. The number of nitrogens with zero attached hydrogens (tertiary/aromatic N) is 1. The van der Waals surface area contributed by atoms with Gasteiger partial charge in [0, 0.05) is 6.04 Å². The van der Waals surface area contributed by atoms with E-state index < -0.39 is 40.5 Å². The van der Waals surface area contributed by atoms with Gasteiger partial charge in [0.1, 0.15) is 5.82 Å². The van der Waals surface area contributed by atoms with E-state index in [4.69, 9.17) is 0 Å². The minimum absolute atomic E-state index is 0.268. The lowest BCUT2D eigenvalue weighted by molar-refractivity contribution is -0.137. The molecular weight excluding hydrogens is 470 g/mol. The molecule has 3 aromatic carbocycles. The minimum Gasteiger partial charge on any atom is -0.394 e. The molecule has 0 fully saturated rings. The monoisotopic (exact) mass is 493 g/mol. The molecule has 4 nitrogen and oxygen atoms in total. The summed E-state index contributed by atoms with van der Waals surface area (Å²) in [6.45, 7) is 1.32. The summed E-state index contributed by atoms with van der Waals surface area (Å²) in [7, 11) is -4.22. The normalized spacial score (nSPS) is 19.1. The average Bonchev–Trinajstić information content (AvgIpc) is 2.82. The van der Waals surface area contributed by atoms with Crippen molar-refractivity contribution in [2.45, 2.75) is 42.9 Å². The van der Waals surface area contributed by atoms with Crippen molar-refractivity contribution in [2.75, 3.05) is 6.61 Å². The summed E-state index contributed by atoms with van der Waals surface area (Å²) in [6.07, 6.45) is -3.81. The van der Waals surface area contributed by atoms with E-state index in [9.17, 15) is 31.1 Å². The molecule has 180 valence electrons. The highest BCUT2D eigenvalue weighted by atomic mass is 32.2. The maximum atomic E-state index is 13.6. The molecule has 0 saturated carbocycles. The van der Waals surface area contributed by atoms with Gasteiger partial charge in [-0.3, -0.25) is 0 Å². The molecule has 2 atom stereocenters. The van der Waals surface area contributed by atoms with Crippen LogP contribution in [-0.4, -0.2) is 30.5 Å². The van der Waals surface area contributed by atoms with Gasteiger partial charge < -0.3 is 5.11 Å². The minimum atomic E-state index is -4.58. The summed E-state index contributed by atoms with van der Waals surface area (Å²) >= 11 is 0. The maximum absolute atomic E-state index is 13.6. The van der Waals surface area contributed by atoms with Crippen LogP contribution in [0.3, 0.4) is 0 Å². The summed E-state index contributed by atoms with van der Waals surface area (Å²) in [5.41, 5.74) is 2.12. The fourth-order valence-corrected chi connectivity index (χ4v) is 6.42. The first-order valence-electron chi connectivity index (χ1n) is 10.8. The van der Waals surface area contributed by atoms with E-state index in [1.165, 1.54) is 16.4 Å². The molecular formula is C25H23F4NO3S. The lowest BCUT2D eigenvalue weighted by Crippen LogP contribution is -2.48. The number of rotatable bonds is 5. The Morgan fingerprint density at radius 3 is 2.21 bits per heavy atom. The van der Waals surface area contributed by atoms with Crippen LogP contribution in [0.15, 0.2) is 71.6 Å². The number of hydrogen-bond donors (Lipinski definition) is 1. The SMILES string of the molecule is CCC1Cc2c(-c3ccc(F)cc3)cccc2C(CO)N1S(=O)(=O)c1ccc(C(F)(F)F)cc1. The Hall–Kier alpha value is -2.75. The predicted octanol–water partition coefficient (Wildman–Crippen LogP) is 5.57. The molecule has 0 saturated heterocycles. The van der Waals surface area contributed by atoms with Crippen LogP contribution in [0.4, 0.5) is 17.6 Å². The highest BCUT2D eigenvalue weighted by Gasteiger charge is 2.42. The van der Waals surface area contributed by atoms with Crippen molar-refractivity contribution >= 4 is 10.0 Å². The van der Waals surface area contributed by atoms with Crippen LogP contribution in [0.2, 0.25) is 0 Å². The molecule has 0 spiro atoms. The molecule has 0 amide bonds. The Morgan fingerprint density at radius 2 is 1.65 bits per heavy atom. The first-order valence-corrected chi connectivity index (χ1v) is 12.2. The first-order chi connectivity index (χ1) is 16.1. The number of fused-ring (bicyclic) bond motifs is 1. The topological polar surface area (TPSA) is 57.6 Å². The van der Waals surface area contributed by atoms with Crippen molar-refractivity contribution in [1.82, 2.24) is 4.31 Å². The molecule has 1 N–H and O–H groups in total. The average molecular weight is 494 g/mol. The summed E-state index contributed by atoms with van der Waals surface area (Å²) < 4.78 is 80.7. The molecule has 0 radical (unpaired) electrons. The number of benzene rings is 3. The van der Waals surface area contributed by atoms with Crippen molar-refractivity contribution < 1.29 is 31.1 Å². The van der Waals surface area contributed by atoms with Crippen molar-refractivity contribution in [3.63, 3.8) is 0 Å². The van der Waals surface area contributed by atoms with Gasteiger partial charge in [-0.15, -0.1) is 0 Å². The van der Waals surface area contributed by atoms with E-state index in [1.807, 2.05) is 13.0 Å². The lowest BCUT2D eigenvalue weighted by Gasteiger charge is -2.42. The van der Waals surface area contributed by atoms with Crippen LogP contribution in [-0.2, 0) is 22.6 Å². The fourth-order valence-electron chi connectivity index (χ4n) is 4.57. The zero-order chi connectivity index (χ0) is 24.7. The third-order valence-electron chi connectivity index (χ3n) is 6.23. The smallest absolute Gasteiger partial charge is 0.394 e. The molecule has 0 bridgehead atoms. The molecule has 3 aromatic rings. The zero-order valence-electron chi connectivity index (χ0n) is 18.3. The predicted molar refractivity (Wildman–Crippen MR) is 120 cm³/mol. The standard InChI is InChI=1S/C25H23F4NO3S/c1-2-19-14-23-21(16-6-10-18(26)11-7-16)4-3-5-22(23)24(15-31)30(19)34(32,33)20-12-8-17(9-13-20)25(27,28)29/h3-13,19,24,31H,2,14-15H2,1H3. The molecule has 0 aliphatic carbocycles. The van der Waals surface area contributed by atoms with Crippen LogP contribution in [0.5, 0.6) is 0 Å². The number of aliphatic hydroxyl groups is 1. The quantitative estimate of drug-likeness (QED) is 0.473. The molecule has 1 aliphatic rings. The Bertz CT molecular complexity index is 1270. The second-order valence-electron chi connectivity index (χ2n) is 8.20. The summed E-state index contributed by atoms with van der Waals surface area (Å²) in [6, 6.07) is 13.3. The summed E-state index contributed by atoms with van der Waals surface area (Å²) in [5.74, 6) is -0.373. The van der Waals surface area contributed by atoms with E-state index in [1.54, 1.807) is 24.3 Å². The first kappa shape index (κ1) is 24.4. The Labute approximate surface area is 195 Å². The van der Waals surface area contributed by atoms with Crippen molar-refractivity contribution in [1.29, 1.82) is 0 Å². The number of sulfonamides is 1. The maximum Gasteiger partial charge on any atom is 0.416 e. The van der Waals surface area contributed by atoms with E-state index >= 15 is 0 Å². The van der Waals surface area contributed by atoms with E-state index in [0.717, 1.165) is 41.0 Å². The van der Waals surface area contributed by atoms with Crippen LogP contribution < -0.4 is 0 Å². The fraction of sp³-hybridized carbons (Fsp3) is 0.280. The van der Waals surface area contributed by atoms with Crippen LogP contribution in [0.1, 0.15) is 36.1 Å².